The molecule has 0 heterocycles. The van der Waals surface area contributed by atoms with Crippen molar-refractivity contribution in [2.75, 3.05) is 11.9 Å². The number of anilines is 1. The number of carbonyl (C=O) groups is 2. The maximum Gasteiger partial charge on any atom is 0.255 e. The Kier molecular flexibility index (Phi) is 5.99. The molecule has 0 saturated heterocycles. The average Bonchev–Trinajstić information content (AvgIpc) is 2.55. The van der Waals surface area contributed by atoms with Gasteiger partial charge in [0.15, 0.2) is 0 Å². The highest BCUT2D eigenvalue weighted by atomic mass is 35.5. The number of halogens is 1. The van der Waals surface area contributed by atoms with Crippen LogP contribution in [0.3, 0.4) is 0 Å². The minimum atomic E-state index is -0.227. The molecule has 4 nitrogen and oxygen atoms in total. The summed E-state index contributed by atoms with van der Waals surface area (Å²) in [6.07, 6.45) is 0. The van der Waals surface area contributed by atoms with E-state index in [-0.39, 0.29) is 11.8 Å². The molecule has 0 unspecified atom stereocenters. The summed E-state index contributed by atoms with van der Waals surface area (Å²) < 4.78 is 0. The fraction of sp³-hybridized carbons (Fsp3) is 0.263. The molecule has 0 aromatic heterocycles. The lowest BCUT2D eigenvalue weighted by molar-refractivity contribution is 0.0947. The number of carbonyl (C=O) groups excluding carboxylic acids is 2. The van der Waals surface area contributed by atoms with Gasteiger partial charge < -0.3 is 10.6 Å². The van der Waals surface area contributed by atoms with Crippen molar-refractivity contribution in [3.05, 3.63) is 64.2 Å². The Morgan fingerprint density at radius 1 is 1.00 bits per heavy atom. The maximum atomic E-state index is 12.3. The molecule has 0 spiro atoms. The molecule has 126 valence electrons. The third-order valence-electron chi connectivity index (χ3n) is 3.52. The Morgan fingerprint density at radius 3 is 2.12 bits per heavy atom. The number of benzene rings is 2. The Hall–Kier alpha value is -2.33. The molecule has 2 rings (SSSR count). The first-order valence-corrected chi connectivity index (χ1v) is 8.20. The zero-order valence-electron chi connectivity index (χ0n) is 14.0. The minimum absolute atomic E-state index is 0.135. The van der Waals surface area contributed by atoms with Gasteiger partial charge in [-0.05, 0) is 60.9 Å². The standard InChI is InChI=1S/C19H21ClN2O2/c1-12(2)11-21-18(23)14-4-6-15(7-5-14)19(24)22-17-9-8-16(20)10-13(17)3/h4-10,12H,11H2,1-3H3,(H,21,23)(H,22,24). The van der Waals surface area contributed by atoms with E-state index in [0.717, 1.165) is 5.56 Å². The lowest BCUT2D eigenvalue weighted by atomic mass is 10.1. The zero-order valence-corrected chi connectivity index (χ0v) is 14.8. The van der Waals surface area contributed by atoms with Gasteiger partial charge in [0, 0.05) is 28.4 Å². The smallest absolute Gasteiger partial charge is 0.255 e. The highest BCUT2D eigenvalue weighted by Crippen LogP contribution is 2.20. The Bertz CT molecular complexity index is 740. The minimum Gasteiger partial charge on any atom is -0.352 e. The van der Waals surface area contributed by atoms with Gasteiger partial charge in [-0.25, -0.2) is 0 Å². The molecule has 24 heavy (non-hydrogen) atoms. The van der Waals surface area contributed by atoms with E-state index in [4.69, 9.17) is 11.6 Å². The molecule has 0 radical (unpaired) electrons. The average molecular weight is 345 g/mol. The van der Waals surface area contributed by atoms with Crippen molar-refractivity contribution < 1.29 is 9.59 Å². The summed E-state index contributed by atoms with van der Waals surface area (Å²) in [5.41, 5.74) is 2.63. The molecular formula is C19H21ClN2O2. The van der Waals surface area contributed by atoms with Crippen molar-refractivity contribution in [1.82, 2.24) is 5.32 Å². The number of aryl methyl sites for hydroxylation is 1. The third-order valence-corrected chi connectivity index (χ3v) is 3.75. The van der Waals surface area contributed by atoms with Gasteiger partial charge in [-0.15, -0.1) is 0 Å². The molecule has 2 N–H and O–H groups in total. The van der Waals surface area contributed by atoms with Gasteiger partial charge in [0.1, 0.15) is 0 Å². The van der Waals surface area contributed by atoms with Crippen LogP contribution in [0.2, 0.25) is 5.02 Å². The second kappa shape index (κ2) is 7.97. The summed E-state index contributed by atoms with van der Waals surface area (Å²) in [4.78, 5) is 24.3. The van der Waals surface area contributed by atoms with Gasteiger partial charge in [0.25, 0.3) is 11.8 Å². The van der Waals surface area contributed by atoms with Gasteiger partial charge in [-0.1, -0.05) is 25.4 Å². The normalized spacial score (nSPS) is 10.5. The van der Waals surface area contributed by atoms with Crippen molar-refractivity contribution >= 4 is 29.1 Å². The van der Waals surface area contributed by atoms with E-state index in [1.165, 1.54) is 0 Å². The monoisotopic (exact) mass is 344 g/mol. The van der Waals surface area contributed by atoms with Crippen LogP contribution in [0.15, 0.2) is 42.5 Å². The van der Waals surface area contributed by atoms with Gasteiger partial charge in [0.05, 0.1) is 0 Å². The molecule has 0 saturated carbocycles. The number of hydrogen-bond acceptors (Lipinski definition) is 2. The molecule has 0 fully saturated rings. The van der Waals surface area contributed by atoms with Crippen LogP contribution in [-0.4, -0.2) is 18.4 Å². The van der Waals surface area contributed by atoms with Crippen molar-refractivity contribution in [3.8, 4) is 0 Å². The molecular weight excluding hydrogens is 324 g/mol. The van der Waals surface area contributed by atoms with Crippen LogP contribution in [0, 0.1) is 12.8 Å². The van der Waals surface area contributed by atoms with E-state index in [0.29, 0.717) is 34.3 Å². The highest BCUT2D eigenvalue weighted by molar-refractivity contribution is 6.30. The molecule has 0 aliphatic rings. The van der Waals surface area contributed by atoms with Crippen molar-refractivity contribution in [1.29, 1.82) is 0 Å². The fourth-order valence-electron chi connectivity index (χ4n) is 2.13. The molecule has 5 heteroatoms. The van der Waals surface area contributed by atoms with E-state index < -0.39 is 0 Å². The fourth-order valence-corrected chi connectivity index (χ4v) is 2.36. The van der Waals surface area contributed by atoms with Crippen molar-refractivity contribution in [2.45, 2.75) is 20.8 Å². The predicted molar refractivity (Wildman–Crippen MR) is 97.8 cm³/mol. The number of amides is 2. The molecule has 0 bridgehead atoms. The second-order valence-corrected chi connectivity index (χ2v) is 6.53. The molecule has 2 amide bonds. The Labute approximate surface area is 147 Å². The van der Waals surface area contributed by atoms with Gasteiger partial charge in [0.2, 0.25) is 0 Å². The largest absolute Gasteiger partial charge is 0.352 e. The zero-order chi connectivity index (χ0) is 17.7. The molecule has 0 aliphatic carbocycles. The Morgan fingerprint density at radius 2 is 1.58 bits per heavy atom. The summed E-state index contributed by atoms with van der Waals surface area (Å²) in [5.74, 6) is 0.0281. The topological polar surface area (TPSA) is 58.2 Å². The quantitative estimate of drug-likeness (QED) is 0.850. The van der Waals surface area contributed by atoms with E-state index in [9.17, 15) is 9.59 Å². The summed E-state index contributed by atoms with van der Waals surface area (Å²) in [6, 6.07) is 11.9. The maximum absolute atomic E-state index is 12.3. The van der Waals surface area contributed by atoms with Gasteiger partial charge >= 0.3 is 0 Å². The van der Waals surface area contributed by atoms with Crippen LogP contribution in [-0.2, 0) is 0 Å². The number of nitrogens with one attached hydrogen (secondary N) is 2. The molecule has 2 aromatic rings. The summed E-state index contributed by atoms with van der Waals surface area (Å²) >= 11 is 5.91. The first-order valence-electron chi connectivity index (χ1n) is 7.82. The number of rotatable bonds is 5. The lowest BCUT2D eigenvalue weighted by Gasteiger charge is -2.10. The third kappa shape index (κ3) is 4.83. The molecule has 0 atom stereocenters. The van der Waals surface area contributed by atoms with E-state index >= 15 is 0 Å². The lowest BCUT2D eigenvalue weighted by Crippen LogP contribution is -2.27. The second-order valence-electron chi connectivity index (χ2n) is 6.09. The van der Waals surface area contributed by atoms with E-state index in [2.05, 4.69) is 10.6 Å². The van der Waals surface area contributed by atoms with Crippen LogP contribution >= 0.6 is 11.6 Å². The van der Waals surface area contributed by atoms with E-state index in [1.807, 2.05) is 20.8 Å². The summed E-state index contributed by atoms with van der Waals surface area (Å²) in [6.45, 7) is 6.57. The molecule has 2 aromatic carbocycles. The van der Waals surface area contributed by atoms with Crippen LogP contribution in [0.25, 0.3) is 0 Å². The molecule has 0 aliphatic heterocycles. The highest BCUT2D eigenvalue weighted by Gasteiger charge is 2.10. The summed E-state index contributed by atoms with van der Waals surface area (Å²) in [5, 5.41) is 6.32. The van der Waals surface area contributed by atoms with Crippen molar-refractivity contribution in [3.63, 3.8) is 0 Å². The van der Waals surface area contributed by atoms with Crippen LogP contribution in [0.1, 0.15) is 40.1 Å². The van der Waals surface area contributed by atoms with Crippen LogP contribution < -0.4 is 10.6 Å². The van der Waals surface area contributed by atoms with Crippen LogP contribution in [0.5, 0.6) is 0 Å². The Balaban J connectivity index is 2.04. The first kappa shape index (κ1) is 18.0. The van der Waals surface area contributed by atoms with Crippen LogP contribution in [0.4, 0.5) is 5.69 Å². The SMILES string of the molecule is Cc1cc(Cl)ccc1NC(=O)c1ccc(C(=O)NCC(C)C)cc1. The van der Waals surface area contributed by atoms with Crippen molar-refractivity contribution in [2.24, 2.45) is 5.92 Å². The first-order chi connectivity index (χ1) is 11.4. The van der Waals surface area contributed by atoms with E-state index in [1.54, 1.807) is 42.5 Å². The summed E-state index contributed by atoms with van der Waals surface area (Å²) in [7, 11) is 0. The van der Waals surface area contributed by atoms with Gasteiger partial charge in [-0.3, -0.25) is 9.59 Å². The predicted octanol–water partition coefficient (Wildman–Crippen LogP) is 4.29. The number of hydrogen-bond donors (Lipinski definition) is 2. The van der Waals surface area contributed by atoms with Gasteiger partial charge in [-0.2, -0.15) is 0 Å².